The van der Waals surface area contributed by atoms with Gasteiger partial charge in [-0.1, -0.05) is 6.07 Å². The van der Waals surface area contributed by atoms with Crippen LogP contribution in [-0.2, 0) is 6.42 Å². The van der Waals surface area contributed by atoms with Crippen molar-refractivity contribution in [2.24, 2.45) is 0 Å². The van der Waals surface area contributed by atoms with Crippen LogP contribution in [0.5, 0.6) is 0 Å². The van der Waals surface area contributed by atoms with Gasteiger partial charge < -0.3 is 5.73 Å². The summed E-state index contributed by atoms with van der Waals surface area (Å²) in [5.41, 5.74) is 6.76. The van der Waals surface area contributed by atoms with E-state index in [0.717, 1.165) is 25.5 Å². The molecule has 0 aliphatic carbocycles. The average Bonchev–Trinajstić information content (AvgIpc) is 2.45. The van der Waals surface area contributed by atoms with Gasteiger partial charge in [-0.05, 0) is 12.1 Å². The van der Waals surface area contributed by atoms with E-state index in [2.05, 4.69) is 18.7 Å². The van der Waals surface area contributed by atoms with Crippen LogP contribution < -0.4 is 5.73 Å². The number of thiophene rings is 1. The lowest BCUT2D eigenvalue weighted by Crippen LogP contribution is -1.87. The molecule has 0 aliphatic heterocycles. The lowest BCUT2D eigenvalue weighted by atomic mass is 10.1. The van der Waals surface area contributed by atoms with Crippen LogP contribution in [0.4, 0.5) is 5.00 Å². The summed E-state index contributed by atoms with van der Waals surface area (Å²) in [6, 6.07) is 7.98. The fourth-order valence-corrected chi connectivity index (χ4v) is 2.90. The molecule has 0 saturated carbocycles. The monoisotopic (exact) mass is 220 g/mol. The molecule has 0 radical (unpaired) electrons. The molecule has 0 atom stereocenters. The Kier molecular flexibility index (Phi) is 2.36. The maximum Gasteiger partial charge on any atom is 0.0912 e. The van der Waals surface area contributed by atoms with E-state index in [-0.39, 0.29) is 0 Å². The highest BCUT2D eigenvalue weighted by atomic mass is 32.1. The number of rotatable bonds is 1. The van der Waals surface area contributed by atoms with Crippen LogP contribution in [0.3, 0.4) is 0 Å². The lowest BCUT2D eigenvalue weighted by molar-refractivity contribution is 1.29. The first-order valence-electron chi connectivity index (χ1n) is 4.10. The molecule has 1 aromatic heterocycles. The van der Waals surface area contributed by atoms with Gasteiger partial charge in [0.25, 0.3) is 0 Å². The molecular weight excluding hydrogens is 212 g/mol. The van der Waals surface area contributed by atoms with Crippen molar-refractivity contribution in [1.29, 1.82) is 5.26 Å². The molecule has 14 heavy (non-hydrogen) atoms. The number of hydrogen-bond acceptors (Lipinski definition) is 4. The quantitative estimate of drug-likeness (QED) is 0.726. The fraction of sp³-hybridized carbons (Fsp3) is 0.100. The minimum atomic E-state index is 0.351. The van der Waals surface area contributed by atoms with Crippen molar-refractivity contribution in [3.8, 4) is 6.07 Å². The van der Waals surface area contributed by atoms with Crippen LogP contribution in [0, 0.1) is 11.3 Å². The molecule has 2 rings (SSSR count). The van der Waals surface area contributed by atoms with Crippen LogP contribution in [0.25, 0.3) is 10.1 Å². The fourth-order valence-electron chi connectivity index (χ4n) is 1.47. The maximum absolute atomic E-state index is 8.69. The van der Waals surface area contributed by atoms with Gasteiger partial charge in [0, 0.05) is 20.5 Å². The van der Waals surface area contributed by atoms with Crippen molar-refractivity contribution in [1.82, 2.24) is 0 Å². The number of nitrogen functional groups attached to an aromatic ring is 1. The third-order valence-corrected chi connectivity index (χ3v) is 3.48. The first-order valence-corrected chi connectivity index (χ1v) is 5.36. The predicted molar refractivity (Wildman–Crippen MR) is 62.8 cm³/mol. The zero-order valence-electron chi connectivity index (χ0n) is 7.32. The third-order valence-electron chi connectivity index (χ3n) is 2.08. The number of fused-ring (bicyclic) bond motifs is 1. The summed E-state index contributed by atoms with van der Waals surface area (Å²) in [6.07, 6.45) is 0.351. The molecule has 4 heteroatoms. The third kappa shape index (κ3) is 1.35. The van der Waals surface area contributed by atoms with E-state index in [9.17, 15) is 0 Å². The van der Waals surface area contributed by atoms with Crippen molar-refractivity contribution in [2.75, 3.05) is 5.73 Å². The Morgan fingerprint density at radius 1 is 1.50 bits per heavy atom. The molecule has 0 unspecified atom stereocenters. The lowest BCUT2D eigenvalue weighted by Gasteiger charge is -1.97. The van der Waals surface area contributed by atoms with Gasteiger partial charge in [0.15, 0.2) is 0 Å². The molecule has 0 aliphatic rings. The van der Waals surface area contributed by atoms with Crippen LogP contribution >= 0.6 is 24.0 Å². The standard InChI is InChI=1S/C10H8N2S2/c11-5-4-6-9-7(13)2-1-3-8(9)14-10(6)12/h1-3,13H,4,12H2. The molecule has 1 heterocycles. The van der Waals surface area contributed by atoms with Crippen molar-refractivity contribution in [3.63, 3.8) is 0 Å². The first kappa shape index (κ1) is 9.38. The van der Waals surface area contributed by atoms with E-state index < -0.39 is 0 Å². The van der Waals surface area contributed by atoms with E-state index in [1.165, 1.54) is 11.3 Å². The second kappa shape index (κ2) is 3.52. The van der Waals surface area contributed by atoms with Crippen molar-refractivity contribution in [2.45, 2.75) is 11.3 Å². The number of nitrogens with zero attached hydrogens (tertiary/aromatic N) is 1. The predicted octanol–water partition coefficient (Wildman–Crippen LogP) is 2.84. The SMILES string of the molecule is N#CCc1c(N)sc2cccc(S)c12. The Bertz CT molecular complexity index is 523. The van der Waals surface area contributed by atoms with E-state index in [4.69, 9.17) is 11.0 Å². The zero-order chi connectivity index (χ0) is 10.1. The Hall–Kier alpha value is -1.18. The highest BCUT2D eigenvalue weighted by Gasteiger charge is 2.11. The van der Waals surface area contributed by atoms with E-state index >= 15 is 0 Å². The molecule has 0 fully saturated rings. The maximum atomic E-state index is 8.69. The molecule has 0 spiro atoms. The smallest absolute Gasteiger partial charge is 0.0912 e. The number of anilines is 1. The number of nitriles is 1. The minimum absolute atomic E-state index is 0.351. The van der Waals surface area contributed by atoms with Crippen LogP contribution in [0.1, 0.15) is 5.56 Å². The second-order valence-corrected chi connectivity index (χ2v) is 4.50. The summed E-state index contributed by atoms with van der Waals surface area (Å²) in [4.78, 5) is 0.890. The Labute approximate surface area is 91.4 Å². The first-order chi connectivity index (χ1) is 6.74. The second-order valence-electron chi connectivity index (χ2n) is 2.93. The number of nitrogens with two attached hydrogens (primary N) is 1. The molecule has 70 valence electrons. The van der Waals surface area contributed by atoms with Gasteiger partial charge in [0.1, 0.15) is 0 Å². The number of thiol groups is 1. The highest BCUT2D eigenvalue weighted by Crippen LogP contribution is 2.37. The van der Waals surface area contributed by atoms with E-state index in [1.54, 1.807) is 0 Å². The number of hydrogen-bond donors (Lipinski definition) is 2. The molecule has 2 aromatic rings. The molecule has 0 bridgehead atoms. The largest absolute Gasteiger partial charge is 0.390 e. The molecule has 1 aromatic carbocycles. The summed E-state index contributed by atoms with van der Waals surface area (Å²) < 4.78 is 1.10. The highest BCUT2D eigenvalue weighted by molar-refractivity contribution is 7.80. The summed E-state index contributed by atoms with van der Waals surface area (Å²) >= 11 is 5.88. The Balaban J connectivity index is 2.81. The van der Waals surface area contributed by atoms with Gasteiger partial charge >= 0.3 is 0 Å². The van der Waals surface area contributed by atoms with Crippen molar-refractivity contribution in [3.05, 3.63) is 23.8 Å². The summed E-state index contributed by atoms with van der Waals surface area (Å²) in [5, 5.41) is 10.4. The van der Waals surface area contributed by atoms with Crippen LogP contribution in [0.2, 0.25) is 0 Å². The molecule has 0 saturated heterocycles. The molecule has 2 N–H and O–H groups in total. The van der Waals surface area contributed by atoms with E-state index in [1.807, 2.05) is 18.2 Å². The summed E-state index contributed by atoms with van der Waals surface area (Å²) in [7, 11) is 0. The van der Waals surface area contributed by atoms with E-state index in [0.29, 0.717) is 6.42 Å². The molecule has 0 amide bonds. The topological polar surface area (TPSA) is 49.8 Å². The average molecular weight is 220 g/mol. The van der Waals surface area contributed by atoms with Crippen LogP contribution in [-0.4, -0.2) is 0 Å². The zero-order valence-corrected chi connectivity index (χ0v) is 9.03. The Morgan fingerprint density at radius 2 is 2.29 bits per heavy atom. The number of benzene rings is 1. The van der Waals surface area contributed by atoms with Gasteiger partial charge in [0.05, 0.1) is 17.5 Å². The van der Waals surface area contributed by atoms with Crippen molar-refractivity contribution >= 4 is 39.1 Å². The normalized spacial score (nSPS) is 10.3. The van der Waals surface area contributed by atoms with Gasteiger partial charge in [-0.15, -0.1) is 24.0 Å². The van der Waals surface area contributed by atoms with Gasteiger partial charge in [0.2, 0.25) is 0 Å². The molecule has 2 nitrogen and oxygen atoms in total. The summed E-state index contributed by atoms with van der Waals surface area (Å²) in [5.74, 6) is 0. The van der Waals surface area contributed by atoms with Gasteiger partial charge in [-0.25, -0.2) is 0 Å². The summed E-state index contributed by atoms with van der Waals surface area (Å²) in [6.45, 7) is 0. The minimum Gasteiger partial charge on any atom is -0.390 e. The van der Waals surface area contributed by atoms with Gasteiger partial charge in [-0.2, -0.15) is 5.26 Å². The van der Waals surface area contributed by atoms with Crippen molar-refractivity contribution < 1.29 is 0 Å². The van der Waals surface area contributed by atoms with Gasteiger partial charge in [-0.3, -0.25) is 0 Å². The van der Waals surface area contributed by atoms with Crippen LogP contribution in [0.15, 0.2) is 23.1 Å². The Morgan fingerprint density at radius 3 is 3.00 bits per heavy atom. The molecular formula is C10H8N2S2.